The Morgan fingerprint density at radius 3 is 2.67 bits per heavy atom. The van der Waals surface area contributed by atoms with Crippen LogP contribution in [0.5, 0.6) is 0 Å². The third-order valence-corrected chi connectivity index (χ3v) is 3.67. The molecule has 0 spiro atoms. The topological polar surface area (TPSA) is 102 Å². The molecule has 21 heavy (non-hydrogen) atoms. The van der Waals surface area contributed by atoms with Crippen LogP contribution in [0.4, 0.5) is 0 Å². The highest BCUT2D eigenvalue weighted by Crippen LogP contribution is 2.23. The lowest BCUT2D eigenvalue weighted by Crippen LogP contribution is -2.57. The SMILES string of the molecule is C=CC(=O)NC1[C@@H](N)CC(C(=O)O)=C[C@H]1OC(CC)CC. The fourth-order valence-corrected chi connectivity index (χ4v) is 2.39. The minimum absolute atomic E-state index is 0.00488. The smallest absolute Gasteiger partial charge is 0.331 e. The van der Waals surface area contributed by atoms with E-state index >= 15 is 0 Å². The lowest BCUT2D eigenvalue weighted by atomic mass is 9.88. The van der Waals surface area contributed by atoms with Gasteiger partial charge in [-0.05, 0) is 31.4 Å². The van der Waals surface area contributed by atoms with Crippen molar-refractivity contribution in [3.63, 3.8) is 0 Å². The largest absolute Gasteiger partial charge is 0.478 e. The van der Waals surface area contributed by atoms with Crippen LogP contribution >= 0.6 is 0 Å². The minimum Gasteiger partial charge on any atom is -0.478 e. The summed E-state index contributed by atoms with van der Waals surface area (Å²) in [7, 11) is 0. The van der Waals surface area contributed by atoms with Gasteiger partial charge in [0.05, 0.1) is 18.2 Å². The van der Waals surface area contributed by atoms with E-state index in [-0.39, 0.29) is 24.0 Å². The summed E-state index contributed by atoms with van der Waals surface area (Å²) >= 11 is 0. The Hall–Kier alpha value is -1.66. The van der Waals surface area contributed by atoms with Gasteiger partial charge in [0.1, 0.15) is 0 Å². The van der Waals surface area contributed by atoms with Crippen LogP contribution in [0.2, 0.25) is 0 Å². The number of ether oxygens (including phenoxy) is 1. The number of hydrogen-bond donors (Lipinski definition) is 3. The molecule has 4 N–H and O–H groups in total. The van der Waals surface area contributed by atoms with Crippen molar-refractivity contribution >= 4 is 11.9 Å². The van der Waals surface area contributed by atoms with Gasteiger partial charge in [0.15, 0.2) is 0 Å². The molecular formula is C15H24N2O4. The van der Waals surface area contributed by atoms with Crippen molar-refractivity contribution in [3.05, 3.63) is 24.3 Å². The number of carbonyl (C=O) groups is 2. The van der Waals surface area contributed by atoms with E-state index in [1.165, 1.54) is 0 Å². The molecule has 0 aromatic heterocycles. The second-order valence-corrected chi connectivity index (χ2v) is 5.14. The molecule has 1 unspecified atom stereocenters. The van der Waals surface area contributed by atoms with Crippen molar-refractivity contribution < 1.29 is 19.4 Å². The number of carbonyl (C=O) groups excluding carboxylic acids is 1. The highest BCUT2D eigenvalue weighted by molar-refractivity contribution is 5.88. The first-order valence-electron chi connectivity index (χ1n) is 7.20. The molecule has 0 saturated carbocycles. The van der Waals surface area contributed by atoms with Crippen LogP contribution in [0.15, 0.2) is 24.3 Å². The quantitative estimate of drug-likeness (QED) is 0.608. The molecule has 1 aliphatic carbocycles. The van der Waals surface area contributed by atoms with Crippen molar-refractivity contribution in [2.75, 3.05) is 0 Å². The molecule has 0 heterocycles. The maximum Gasteiger partial charge on any atom is 0.331 e. The molecule has 0 aromatic rings. The average Bonchev–Trinajstić information content (AvgIpc) is 2.46. The van der Waals surface area contributed by atoms with Gasteiger partial charge < -0.3 is 20.9 Å². The van der Waals surface area contributed by atoms with Crippen molar-refractivity contribution in [1.82, 2.24) is 5.32 Å². The first-order valence-corrected chi connectivity index (χ1v) is 7.20. The Morgan fingerprint density at radius 2 is 2.19 bits per heavy atom. The Balaban J connectivity index is 2.99. The molecule has 0 aliphatic heterocycles. The highest BCUT2D eigenvalue weighted by Gasteiger charge is 2.35. The fraction of sp³-hybridized carbons (Fsp3) is 0.600. The molecular weight excluding hydrogens is 272 g/mol. The summed E-state index contributed by atoms with van der Waals surface area (Å²) in [4.78, 5) is 22.7. The number of rotatable bonds is 7. The summed E-state index contributed by atoms with van der Waals surface area (Å²) < 4.78 is 5.93. The summed E-state index contributed by atoms with van der Waals surface area (Å²) in [5.41, 5.74) is 6.25. The highest BCUT2D eigenvalue weighted by atomic mass is 16.5. The number of hydrogen-bond acceptors (Lipinski definition) is 4. The maximum atomic E-state index is 11.5. The molecule has 0 saturated heterocycles. The third kappa shape index (κ3) is 4.68. The summed E-state index contributed by atoms with van der Waals surface area (Å²) in [6.07, 6.45) is 3.97. The lowest BCUT2D eigenvalue weighted by Gasteiger charge is -2.36. The summed E-state index contributed by atoms with van der Waals surface area (Å²) in [6.45, 7) is 7.40. The molecule has 1 rings (SSSR count). The van der Waals surface area contributed by atoms with Gasteiger partial charge in [-0.2, -0.15) is 0 Å². The molecule has 0 fully saturated rings. The van der Waals surface area contributed by atoms with Crippen molar-refractivity contribution in [3.8, 4) is 0 Å². The lowest BCUT2D eigenvalue weighted by molar-refractivity contribution is -0.133. The van der Waals surface area contributed by atoms with Gasteiger partial charge in [0.25, 0.3) is 0 Å². The van der Waals surface area contributed by atoms with Crippen LogP contribution in [0, 0.1) is 0 Å². The normalized spacial score (nSPS) is 25.3. The van der Waals surface area contributed by atoms with Crippen molar-refractivity contribution in [2.24, 2.45) is 5.73 Å². The fourth-order valence-electron chi connectivity index (χ4n) is 2.39. The third-order valence-electron chi connectivity index (χ3n) is 3.67. The first kappa shape index (κ1) is 17.4. The van der Waals surface area contributed by atoms with Crippen LogP contribution in [-0.2, 0) is 14.3 Å². The molecule has 0 bridgehead atoms. The zero-order valence-corrected chi connectivity index (χ0v) is 12.5. The van der Waals surface area contributed by atoms with Gasteiger partial charge in [-0.1, -0.05) is 20.4 Å². The predicted octanol–water partition coefficient (Wildman–Crippen LogP) is 0.973. The summed E-state index contributed by atoms with van der Waals surface area (Å²) in [5.74, 6) is -1.35. The number of aliphatic carboxylic acids is 1. The van der Waals surface area contributed by atoms with Gasteiger partial charge in [-0.3, -0.25) is 4.79 Å². The van der Waals surface area contributed by atoms with Crippen LogP contribution < -0.4 is 11.1 Å². The van der Waals surface area contributed by atoms with Gasteiger partial charge >= 0.3 is 5.97 Å². The molecule has 0 aromatic carbocycles. The molecule has 1 amide bonds. The number of amides is 1. The summed E-state index contributed by atoms with van der Waals surface area (Å²) in [5, 5.41) is 11.9. The van der Waals surface area contributed by atoms with E-state index in [0.29, 0.717) is 0 Å². The van der Waals surface area contributed by atoms with E-state index in [1.807, 2.05) is 13.8 Å². The molecule has 6 nitrogen and oxygen atoms in total. The van der Waals surface area contributed by atoms with Gasteiger partial charge in [-0.25, -0.2) is 4.79 Å². The number of nitrogens with two attached hydrogens (primary N) is 1. The van der Waals surface area contributed by atoms with E-state index in [1.54, 1.807) is 6.08 Å². The van der Waals surface area contributed by atoms with Gasteiger partial charge in [0, 0.05) is 11.6 Å². The van der Waals surface area contributed by atoms with E-state index in [2.05, 4.69) is 11.9 Å². The molecule has 6 heteroatoms. The first-order chi connectivity index (χ1) is 9.92. The van der Waals surface area contributed by atoms with Crippen LogP contribution in [0.1, 0.15) is 33.1 Å². The standard InChI is InChI=1S/C15H24N2O4/c1-4-10(5-2)21-12-8-9(15(19)20)7-11(16)14(12)17-13(18)6-3/h6,8,10-12,14H,3-5,7,16H2,1-2H3,(H,17,18)(H,19,20)/t11-,12+,14?/m0/s1. The van der Waals surface area contributed by atoms with Crippen LogP contribution in [0.3, 0.4) is 0 Å². The van der Waals surface area contributed by atoms with Crippen LogP contribution in [-0.4, -0.2) is 41.3 Å². The number of carboxylic acid groups (broad SMARTS) is 1. The second-order valence-electron chi connectivity index (χ2n) is 5.14. The Kier molecular flexibility index (Phi) is 6.58. The van der Waals surface area contributed by atoms with Crippen molar-refractivity contribution in [1.29, 1.82) is 0 Å². The van der Waals surface area contributed by atoms with E-state index in [4.69, 9.17) is 15.6 Å². The Bertz CT molecular complexity index is 429. The molecule has 0 radical (unpaired) electrons. The minimum atomic E-state index is -1.00. The second kappa shape index (κ2) is 7.95. The summed E-state index contributed by atoms with van der Waals surface area (Å²) in [6, 6.07) is -0.969. The van der Waals surface area contributed by atoms with Gasteiger partial charge in [0.2, 0.25) is 5.91 Å². The number of nitrogens with one attached hydrogen (secondary N) is 1. The van der Waals surface area contributed by atoms with E-state index in [9.17, 15) is 9.59 Å². The monoisotopic (exact) mass is 296 g/mol. The Labute approximate surface area is 125 Å². The maximum absolute atomic E-state index is 11.5. The predicted molar refractivity (Wildman–Crippen MR) is 79.7 cm³/mol. The number of carboxylic acids is 1. The van der Waals surface area contributed by atoms with E-state index in [0.717, 1.165) is 18.9 Å². The van der Waals surface area contributed by atoms with Gasteiger partial charge in [-0.15, -0.1) is 0 Å². The zero-order valence-electron chi connectivity index (χ0n) is 12.5. The van der Waals surface area contributed by atoms with Crippen LogP contribution in [0.25, 0.3) is 0 Å². The average molecular weight is 296 g/mol. The zero-order chi connectivity index (χ0) is 16.0. The van der Waals surface area contributed by atoms with Crippen molar-refractivity contribution in [2.45, 2.75) is 57.4 Å². The molecule has 3 atom stereocenters. The molecule has 1 aliphatic rings. The Morgan fingerprint density at radius 1 is 1.57 bits per heavy atom. The van der Waals surface area contributed by atoms with E-state index < -0.39 is 24.2 Å². The molecule has 118 valence electrons.